The highest BCUT2D eigenvalue weighted by Crippen LogP contribution is 2.23. The molecule has 1 aliphatic rings. The zero-order valence-electron chi connectivity index (χ0n) is 15.1. The summed E-state index contributed by atoms with van der Waals surface area (Å²) >= 11 is 5.82. The lowest BCUT2D eigenvalue weighted by Gasteiger charge is -2.34. The van der Waals surface area contributed by atoms with Crippen molar-refractivity contribution in [1.29, 1.82) is 0 Å². The maximum absolute atomic E-state index is 12.9. The van der Waals surface area contributed by atoms with Gasteiger partial charge in [0.15, 0.2) is 0 Å². The van der Waals surface area contributed by atoms with E-state index in [4.69, 9.17) is 16.3 Å². The van der Waals surface area contributed by atoms with Crippen LogP contribution < -0.4 is 10.6 Å². The Kier molecular flexibility index (Phi) is 8.03. The van der Waals surface area contributed by atoms with Gasteiger partial charge in [-0.2, -0.15) is 4.31 Å². The van der Waals surface area contributed by atoms with Gasteiger partial charge in [0.1, 0.15) is 6.23 Å². The van der Waals surface area contributed by atoms with Crippen molar-refractivity contribution < 1.29 is 22.7 Å². The number of carbonyl (C=O) groups excluding carboxylic acids is 2. The number of amides is 2. The van der Waals surface area contributed by atoms with E-state index in [0.717, 1.165) is 12.8 Å². The van der Waals surface area contributed by atoms with E-state index in [0.29, 0.717) is 24.6 Å². The topological polar surface area (TPSA) is 105 Å². The van der Waals surface area contributed by atoms with Gasteiger partial charge in [0.2, 0.25) is 10.0 Å². The van der Waals surface area contributed by atoms with Crippen LogP contribution >= 0.6 is 11.6 Å². The molecule has 0 aromatic heterocycles. The van der Waals surface area contributed by atoms with Crippen LogP contribution in [0.15, 0.2) is 29.2 Å². The first-order valence-electron chi connectivity index (χ1n) is 8.81. The van der Waals surface area contributed by atoms with Crippen molar-refractivity contribution in [2.75, 3.05) is 26.2 Å². The van der Waals surface area contributed by atoms with Crippen molar-refractivity contribution in [3.8, 4) is 0 Å². The predicted octanol–water partition coefficient (Wildman–Crippen LogP) is 1.11. The Labute approximate surface area is 164 Å². The number of sulfonamides is 1. The average molecular weight is 418 g/mol. The molecule has 10 heteroatoms. The molecule has 1 fully saturated rings. The van der Waals surface area contributed by atoms with Crippen LogP contribution in [0.3, 0.4) is 0 Å². The third-order valence-corrected chi connectivity index (χ3v) is 6.19. The monoisotopic (exact) mass is 417 g/mol. The quantitative estimate of drug-likeness (QED) is 0.510. The Bertz CT molecular complexity index is 754. The summed E-state index contributed by atoms with van der Waals surface area (Å²) in [6.45, 7) is 2.90. The lowest BCUT2D eigenvalue weighted by atomic mass is 10.3. The molecular weight excluding hydrogens is 394 g/mol. The molecule has 150 valence electrons. The number of nitrogens with one attached hydrogen (secondary N) is 2. The molecule has 27 heavy (non-hydrogen) atoms. The van der Waals surface area contributed by atoms with E-state index in [2.05, 4.69) is 10.6 Å². The summed E-state index contributed by atoms with van der Waals surface area (Å²) in [6, 6.07) is 5.83. The van der Waals surface area contributed by atoms with E-state index >= 15 is 0 Å². The molecule has 1 atom stereocenters. The number of rotatable bonds is 7. The standard InChI is InChI=1S/C17H24ClN3O5S/c1-2-3-9-19-16(22)17(23)20-12-15-21(10-4-11-26-15)27(24,25)14-7-5-13(18)6-8-14/h5-8,15H,2-4,9-12H2,1H3,(H,19,22)(H,20,23)/t15-/m1/s1. The number of carbonyl (C=O) groups is 2. The summed E-state index contributed by atoms with van der Waals surface area (Å²) in [5.41, 5.74) is 0. The number of nitrogens with zero attached hydrogens (tertiary/aromatic N) is 1. The minimum absolute atomic E-state index is 0.0889. The zero-order chi connectivity index (χ0) is 19.9. The molecular formula is C17H24ClN3O5S. The third-order valence-electron chi connectivity index (χ3n) is 4.03. The molecule has 1 aromatic rings. The molecule has 1 heterocycles. The Morgan fingerprint density at radius 2 is 1.89 bits per heavy atom. The summed E-state index contributed by atoms with van der Waals surface area (Å²) in [7, 11) is -3.82. The fraction of sp³-hybridized carbons (Fsp3) is 0.529. The van der Waals surface area contributed by atoms with Crippen molar-refractivity contribution in [2.24, 2.45) is 0 Å². The Hall–Kier alpha value is -1.68. The molecule has 2 rings (SSSR count). The van der Waals surface area contributed by atoms with Crippen molar-refractivity contribution in [3.63, 3.8) is 0 Å². The average Bonchev–Trinajstić information content (AvgIpc) is 2.66. The van der Waals surface area contributed by atoms with E-state index in [9.17, 15) is 18.0 Å². The van der Waals surface area contributed by atoms with Gasteiger partial charge >= 0.3 is 11.8 Å². The van der Waals surface area contributed by atoms with Gasteiger partial charge in [-0.25, -0.2) is 8.42 Å². The third kappa shape index (κ3) is 5.90. The van der Waals surface area contributed by atoms with E-state index < -0.39 is 28.1 Å². The van der Waals surface area contributed by atoms with Gasteiger partial charge in [-0.05, 0) is 37.1 Å². The summed E-state index contributed by atoms with van der Waals surface area (Å²) in [5, 5.41) is 5.38. The maximum Gasteiger partial charge on any atom is 0.309 e. The highest BCUT2D eigenvalue weighted by Gasteiger charge is 2.34. The van der Waals surface area contributed by atoms with E-state index in [1.165, 1.54) is 28.6 Å². The largest absolute Gasteiger partial charge is 0.360 e. The van der Waals surface area contributed by atoms with Gasteiger partial charge in [0, 0.05) is 18.1 Å². The van der Waals surface area contributed by atoms with Crippen LogP contribution in [0.5, 0.6) is 0 Å². The minimum atomic E-state index is -3.82. The number of halogens is 1. The molecule has 8 nitrogen and oxygen atoms in total. The molecule has 1 saturated heterocycles. The molecule has 0 unspecified atom stereocenters. The van der Waals surface area contributed by atoms with E-state index in [-0.39, 0.29) is 18.0 Å². The number of ether oxygens (including phenoxy) is 1. The van der Waals surface area contributed by atoms with Crippen LogP contribution in [0.1, 0.15) is 26.2 Å². The Morgan fingerprint density at radius 1 is 1.22 bits per heavy atom. The van der Waals surface area contributed by atoms with Gasteiger partial charge in [-0.1, -0.05) is 24.9 Å². The number of unbranched alkanes of at least 4 members (excludes halogenated alkanes) is 1. The smallest absolute Gasteiger partial charge is 0.309 e. The van der Waals surface area contributed by atoms with Crippen molar-refractivity contribution >= 4 is 33.4 Å². The highest BCUT2D eigenvalue weighted by atomic mass is 35.5. The van der Waals surface area contributed by atoms with Crippen LogP contribution in [0.4, 0.5) is 0 Å². The van der Waals surface area contributed by atoms with Gasteiger partial charge < -0.3 is 15.4 Å². The number of hydrogen-bond acceptors (Lipinski definition) is 5. The molecule has 1 aliphatic heterocycles. The van der Waals surface area contributed by atoms with Gasteiger partial charge in [-0.3, -0.25) is 9.59 Å². The molecule has 0 bridgehead atoms. The van der Waals surface area contributed by atoms with Crippen LogP contribution in [-0.2, 0) is 24.3 Å². The number of hydrogen-bond donors (Lipinski definition) is 2. The van der Waals surface area contributed by atoms with Crippen LogP contribution in [0, 0.1) is 0 Å². The first-order chi connectivity index (χ1) is 12.9. The molecule has 0 spiro atoms. The van der Waals surface area contributed by atoms with Gasteiger partial charge in [-0.15, -0.1) is 0 Å². The molecule has 0 saturated carbocycles. The summed E-state index contributed by atoms with van der Waals surface area (Å²) in [6.07, 6.45) is 1.33. The molecule has 0 aliphatic carbocycles. The highest BCUT2D eigenvalue weighted by molar-refractivity contribution is 7.89. The molecule has 2 amide bonds. The maximum atomic E-state index is 12.9. The number of benzene rings is 1. The van der Waals surface area contributed by atoms with Gasteiger partial charge in [0.25, 0.3) is 0 Å². The summed E-state index contributed by atoms with van der Waals surface area (Å²) in [5.74, 6) is -1.56. The minimum Gasteiger partial charge on any atom is -0.360 e. The van der Waals surface area contributed by atoms with E-state index in [1.807, 2.05) is 6.92 Å². The van der Waals surface area contributed by atoms with Crippen molar-refractivity contribution in [2.45, 2.75) is 37.3 Å². The first-order valence-corrected chi connectivity index (χ1v) is 10.6. The normalized spacial score (nSPS) is 18.1. The second-order valence-corrected chi connectivity index (χ2v) is 8.40. The Balaban J connectivity index is 2.01. The van der Waals surface area contributed by atoms with Crippen LogP contribution in [0.2, 0.25) is 5.02 Å². The van der Waals surface area contributed by atoms with Crippen LogP contribution in [0.25, 0.3) is 0 Å². The fourth-order valence-electron chi connectivity index (χ4n) is 2.56. The van der Waals surface area contributed by atoms with Crippen LogP contribution in [-0.4, -0.2) is 57.0 Å². The lowest BCUT2D eigenvalue weighted by molar-refractivity contribution is -0.140. The molecule has 0 radical (unpaired) electrons. The second kappa shape index (κ2) is 10.0. The summed E-state index contributed by atoms with van der Waals surface area (Å²) < 4.78 is 32.5. The fourth-order valence-corrected chi connectivity index (χ4v) is 4.26. The Morgan fingerprint density at radius 3 is 2.56 bits per heavy atom. The van der Waals surface area contributed by atoms with Crippen molar-refractivity contribution in [1.82, 2.24) is 14.9 Å². The summed E-state index contributed by atoms with van der Waals surface area (Å²) in [4.78, 5) is 23.7. The zero-order valence-corrected chi connectivity index (χ0v) is 16.7. The molecule has 2 N–H and O–H groups in total. The SMILES string of the molecule is CCCCNC(=O)C(=O)NC[C@H]1OCCCN1S(=O)(=O)c1ccc(Cl)cc1. The van der Waals surface area contributed by atoms with Gasteiger partial charge in [0.05, 0.1) is 18.0 Å². The van der Waals surface area contributed by atoms with E-state index in [1.54, 1.807) is 0 Å². The predicted molar refractivity (Wildman–Crippen MR) is 101 cm³/mol. The molecule has 1 aromatic carbocycles. The van der Waals surface area contributed by atoms with Crippen molar-refractivity contribution in [3.05, 3.63) is 29.3 Å². The first kappa shape index (κ1) is 21.6. The second-order valence-electron chi connectivity index (χ2n) is 6.07. The lowest BCUT2D eigenvalue weighted by Crippen LogP contribution is -2.53.